The van der Waals surface area contributed by atoms with Gasteiger partial charge in [-0.05, 0) is 30.6 Å². The summed E-state index contributed by atoms with van der Waals surface area (Å²) in [6.45, 7) is 11.0. The zero-order valence-electron chi connectivity index (χ0n) is 21.8. The summed E-state index contributed by atoms with van der Waals surface area (Å²) in [5, 5.41) is 20.0. The van der Waals surface area contributed by atoms with E-state index in [9.17, 15) is 29.1 Å². The Bertz CT molecular complexity index is 795. The number of hydrogen-bond acceptors (Lipinski definition) is 8. The second-order valence-corrected chi connectivity index (χ2v) is 12.7. The van der Waals surface area contributed by atoms with E-state index in [1.807, 2.05) is 27.7 Å². The van der Waals surface area contributed by atoms with E-state index in [2.05, 4.69) is 21.3 Å². The highest BCUT2D eigenvalue weighted by molar-refractivity contribution is 8.76. The van der Waals surface area contributed by atoms with Crippen molar-refractivity contribution in [3.8, 4) is 0 Å². The van der Waals surface area contributed by atoms with Gasteiger partial charge in [-0.3, -0.25) is 19.2 Å². The van der Waals surface area contributed by atoms with E-state index in [0.29, 0.717) is 11.5 Å². The van der Waals surface area contributed by atoms with Crippen LogP contribution in [0.15, 0.2) is 0 Å². The lowest BCUT2D eigenvalue weighted by Crippen LogP contribution is -2.60. The van der Waals surface area contributed by atoms with Gasteiger partial charge in [0.2, 0.25) is 23.6 Å². The summed E-state index contributed by atoms with van der Waals surface area (Å²) < 4.78 is 0. The van der Waals surface area contributed by atoms with Gasteiger partial charge in [-0.15, -0.1) is 0 Å². The molecule has 1 fully saturated rings. The van der Waals surface area contributed by atoms with Crippen molar-refractivity contribution in [3.63, 3.8) is 0 Å². The molecule has 0 aliphatic carbocycles. The number of nitrogens with two attached hydrogens (primary N) is 1. The molecule has 11 nitrogen and oxygen atoms in total. The molecule has 0 aromatic rings. The van der Waals surface area contributed by atoms with Crippen LogP contribution in [0, 0.1) is 17.8 Å². The Morgan fingerprint density at radius 1 is 0.917 bits per heavy atom. The normalized spacial score (nSPS) is 21.1. The van der Waals surface area contributed by atoms with Crippen molar-refractivity contribution in [2.75, 3.05) is 11.5 Å². The summed E-state index contributed by atoms with van der Waals surface area (Å²) >= 11 is 0. The van der Waals surface area contributed by atoms with Gasteiger partial charge in [-0.25, -0.2) is 4.79 Å². The number of hydrogen-bond donors (Lipinski definition) is 6. The average Bonchev–Trinajstić information content (AvgIpc) is 2.75. The van der Waals surface area contributed by atoms with Crippen LogP contribution in [0.2, 0.25) is 0 Å². The van der Waals surface area contributed by atoms with Crippen LogP contribution in [0.1, 0.15) is 54.4 Å². The van der Waals surface area contributed by atoms with Gasteiger partial charge < -0.3 is 32.1 Å². The molecule has 1 heterocycles. The van der Waals surface area contributed by atoms with Crippen LogP contribution in [0.25, 0.3) is 0 Å². The van der Waals surface area contributed by atoms with E-state index in [4.69, 9.17) is 5.73 Å². The first kappa shape index (κ1) is 32.0. The van der Waals surface area contributed by atoms with Crippen LogP contribution in [0.4, 0.5) is 0 Å². The minimum Gasteiger partial charge on any atom is -0.480 e. The van der Waals surface area contributed by atoms with Gasteiger partial charge in [-0.2, -0.15) is 0 Å². The molecule has 5 unspecified atom stereocenters. The average molecular weight is 548 g/mol. The molecule has 0 bridgehead atoms. The number of amides is 4. The molecular formula is C23H41N5O6S2. The second-order valence-electron chi connectivity index (χ2n) is 10.2. The molecule has 1 saturated heterocycles. The van der Waals surface area contributed by atoms with Gasteiger partial charge in [0.05, 0.1) is 6.04 Å². The Morgan fingerprint density at radius 3 is 1.97 bits per heavy atom. The lowest BCUT2D eigenvalue weighted by Gasteiger charge is -2.29. The van der Waals surface area contributed by atoms with Gasteiger partial charge in [0.15, 0.2) is 0 Å². The van der Waals surface area contributed by atoms with Crippen molar-refractivity contribution in [3.05, 3.63) is 0 Å². The van der Waals surface area contributed by atoms with E-state index in [1.54, 1.807) is 13.8 Å². The van der Waals surface area contributed by atoms with Crippen molar-refractivity contribution < 1.29 is 29.1 Å². The highest BCUT2D eigenvalue weighted by Gasteiger charge is 2.34. The summed E-state index contributed by atoms with van der Waals surface area (Å²) in [5.74, 6) is -2.75. The van der Waals surface area contributed by atoms with Crippen molar-refractivity contribution in [1.82, 2.24) is 21.3 Å². The minimum absolute atomic E-state index is 0.0328. The molecule has 5 atom stereocenters. The lowest BCUT2D eigenvalue weighted by molar-refractivity contribution is -0.143. The summed E-state index contributed by atoms with van der Waals surface area (Å²) in [4.78, 5) is 62.9. The highest BCUT2D eigenvalue weighted by atomic mass is 33.1. The van der Waals surface area contributed by atoms with E-state index in [1.165, 1.54) is 21.6 Å². The minimum atomic E-state index is -1.14. The van der Waals surface area contributed by atoms with Gasteiger partial charge in [0, 0.05) is 11.5 Å². The van der Waals surface area contributed by atoms with Gasteiger partial charge in [0.1, 0.15) is 24.2 Å². The topological polar surface area (TPSA) is 180 Å². The molecule has 1 rings (SSSR count). The monoisotopic (exact) mass is 547 g/mol. The number of carboxylic acid groups (broad SMARTS) is 1. The SMILES string of the molecule is CC(C)CC(NC(=O)C(CC(C)C)NC(=O)C(NC(=O)C1CSSCC(N)C(=O)N1)C(C)C)C(=O)O. The Labute approximate surface area is 221 Å². The zero-order chi connectivity index (χ0) is 27.6. The Hall–Kier alpha value is -1.99. The van der Waals surface area contributed by atoms with E-state index in [0.717, 1.165) is 0 Å². The molecule has 0 radical (unpaired) electrons. The van der Waals surface area contributed by atoms with Crippen molar-refractivity contribution in [2.45, 2.75) is 84.6 Å². The zero-order valence-corrected chi connectivity index (χ0v) is 23.5. The van der Waals surface area contributed by atoms with Crippen LogP contribution >= 0.6 is 21.6 Å². The van der Waals surface area contributed by atoms with Crippen molar-refractivity contribution in [1.29, 1.82) is 0 Å². The number of aliphatic carboxylic acids is 1. The fourth-order valence-corrected chi connectivity index (χ4v) is 5.78. The van der Waals surface area contributed by atoms with Crippen LogP contribution in [0.3, 0.4) is 0 Å². The summed E-state index contributed by atoms with van der Waals surface area (Å²) in [7, 11) is 2.81. The Balaban J connectivity index is 2.96. The maximum absolute atomic E-state index is 13.2. The third kappa shape index (κ3) is 11.0. The molecule has 0 aromatic heterocycles. The molecule has 1 aliphatic heterocycles. The molecule has 0 saturated carbocycles. The molecule has 206 valence electrons. The third-order valence-corrected chi connectivity index (χ3v) is 7.89. The van der Waals surface area contributed by atoms with Crippen LogP contribution in [-0.4, -0.2) is 76.4 Å². The molecule has 1 aliphatic rings. The van der Waals surface area contributed by atoms with Crippen LogP contribution in [-0.2, 0) is 24.0 Å². The summed E-state index contributed by atoms with van der Waals surface area (Å²) in [6.07, 6.45) is 0.538. The first-order valence-corrected chi connectivity index (χ1v) is 14.7. The lowest BCUT2D eigenvalue weighted by atomic mass is 9.98. The van der Waals surface area contributed by atoms with E-state index < -0.39 is 59.8 Å². The first-order chi connectivity index (χ1) is 16.7. The Kier molecular flexibility index (Phi) is 13.6. The second kappa shape index (κ2) is 15.3. The molecule has 4 amide bonds. The molecule has 13 heteroatoms. The maximum atomic E-state index is 13.2. The number of carbonyl (C=O) groups is 5. The fourth-order valence-electron chi connectivity index (χ4n) is 3.49. The maximum Gasteiger partial charge on any atom is 0.326 e. The predicted molar refractivity (Wildman–Crippen MR) is 142 cm³/mol. The number of carbonyl (C=O) groups excluding carboxylic acids is 4. The molecule has 7 N–H and O–H groups in total. The number of carboxylic acids is 1. The van der Waals surface area contributed by atoms with Gasteiger partial charge >= 0.3 is 5.97 Å². The predicted octanol–water partition coefficient (Wildman–Crippen LogP) is 0.481. The Morgan fingerprint density at radius 2 is 1.44 bits per heavy atom. The smallest absolute Gasteiger partial charge is 0.326 e. The highest BCUT2D eigenvalue weighted by Crippen LogP contribution is 2.24. The molecule has 36 heavy (non-hydrogen) atoms. The van der Waals surface area contributed by atoms with Crippen molar-refractivity contribution in [2.24, 2.45) is 23.5 Å². The van der Waals surface area contributed by atoms with Crippen LogP contribution in [0.5, 0.6) is 0 Å². The summed E-state index contributed by atoms with van der Waals surface area (Å²) in [5.41, 5.74) is 5.79. The largest absolute Gasteiger partial charge is 0.480 e. The summed E-state index contributed by atoms with van der Waals surface area (Å²) in [6, 6.07) is -4.62. The molecule has 0 aromatic carbocycles. The quantitative estimate of drug-likeness (QED) is 0.189. The number of nitrogens with one attached hydrogen (secondary N) is 4. The van der Waals surface area contributed by atoms with Gasteiger partial charge in [-0.1, -0.05) is 63.1 Å². The van der Waals surface area contributed by atoms with E-state index in [-0.39, 0.29) is 30.6 Å². The van der Waals surface area contributed by atoms with Gasteiger partial charge in [0.25, 0.3) is 0 Å². The van der Waals surface area contributed by atoms with Crippen molar-refractivity contribution >= 4 is 51.2 Å². The van der Waals surface area contributed by atoms with Crippen LogP contribution < -0.4 is 27.0 Å². The van der Waals surface area contributed by atoms with E-state index >= 15 is 0 Å². The standard InChI is InChI=1S/C23H41N5O6S2/c1-11(2)7-15(20(30)26-16(23(33)34)8-12(3)4)25-22(32)18(13(5)6)28-21(31)17-10-36-35-9-14(24)19(29)27-17/h11-18H,7-10,24H2,1-6H3,(H,25,32)(H,26,30)(H,27,29)(H,28,31)(H,33,34). The number of rotatable bonds is 12. The third-order valence-electron chi connectivity index (χ3n) is 5.44. The molecular weight excluding hydrogens is 506 g/mol. The molecule has 0 spiro atoms. The fraction of sp³-hybridized carbons (Fsp3) is 0.783. The first-order valence-electron chi connectivity index (χ1n) is 12.2.